The lowest BCUT2D eigenvalue weighted by Gasteiger charge is -2.17. The van der Waals surface area contributed by atoms with Crippen LogP contribution in [0.2, 0.25) is 5.02 Å². The van der Waals surface area contributed by atoms with Crippen LogP contribution in [0.5, 0.6) is 0 Å². The molecule has 1 atom stereocenters. The highest BCUT2D eigenvalue weighted by molar-refractivity contribution is 7.98. The summed E-state index contributed by atoms with van der Waals surface area (Å²) in [4.78, 5) is 24.5. The average Bonchev–Trinajstić information content (AvgIpc) is 2.76. The first-order chi connectivity index (χ1) is 14.8. The van der Waals surface area contributed by atoms with Gasteiger partial charge < -0.3 is 10.1 Å². The molecule has 2 N–H and O–H groups in total. The maximum atomic E-state index is 12.6. The zero-order chi connectivity index (χ0) is 22.7. The molecule has 1 aliphatic rings. The van der Waals surface area contributed by atoms with Crippen molar-refractivity contribution in [3.8, 4) is 0 Å². The second-order valence-corrected chi connectivity index (χ2v) is 10.4. The Bertz CT molecular complexity index is 872. The fraction of sp³-hybridized carbons (Fsp3) is 0.524. The molecule has 1 aromatic carbocycles. The van der Waals surface area contributed by atoms with Crippen LogP contribution in [0.3, 0.4) is 0 Å². The molecule has 0 aliphatic heterocycles. The van der Waals surface area contributed by atoms with Crippen molar-refractivity contribution in [2.75, 3.05) is 25.2 Å². The quantitative estimate of drug-likeness (QED) is 0.346. The van der Waals surface area contributed by atoms with Gasteiger partial charge in [-0.05, 0) is 74.8 Å². The molecule has 0 radical (unpaired) electrons. The van der Waals surface area contributed by atoms with Crippen molar-refractivity contribution in [2.45, 2.75) is 49.5 Å². The Balaban J connectivity index is 1.86. The normalized spacial score (nSPS) is 15.1. The van der Waals surface area contributed by atoms with E-state index < -0.39 is 34.5 Å². The molecule has 0 heterocycles. The standard InChI is InChI=1S/C21H29ClN2O5S2/c1-30-14-12-19(24-31(27,28)18-9-7-17(22)8-10-18)21(26)29-15-20(25)23-13-11-16-5-3-2-4-6-16/h5,7-10,19,24H,2-4,6,11-15H2,1H3,(H,23,25)/t19-/m0/s1. The number of rotatable bonds is 12. The molecular weight excluding hydrogens is 460 g/mol. The topological polar surface area (TPSA) is 102 Å². The van der Waals surface area contributed by atoms with Crippen LogP contribution in [-0.4, -0.2) is 51.5 Å². The average molecular weight is 489 g/mol. The predicted molar refractivity (Wildman–Crippen MR) is 124 cm³/mol. The van der Waals surface area contributed by atoms with Crippen molar-refractivity contribution in [3.05, 3.63) is 40.9 Å². The van der Waals surface area contributed by atoms with Gasteiger partial charge in [0.1, 0.15) is 6.04 Å². The van der Waals surface area contributed by atoms with Crippen LogP contribution < -0.4 is 10.0 Å². The fourth-order valence-electron chi connectivity index (χ4n) is 3.11. The Hall–Kier alpha value is -1.55. The third-order valence-corrected chi connectivity index (χ3v) is 7.20. The first-order valence-electron chi connectivity index (χ1n) is 10.2. The number of halogens is 1. The molecule has 0 spiro atoms. The van der Waals surface area contributed by atoms with Crippen molar-refractivity contribution < 1.29 is 22.7 Å². The van der Waals surface area contributed by atoms with E-state index in [0.29, 0.717) is 17.3 Å². The Labute approximate surface area is 193 Å². The summed E-state index contributed by atoms with van der Waals surface area (Å²) in [5.74, 6) is -0.643. The number of benzene rings is 1. The van der Waals surface area contributed by atoms with Crippen molar-refractivity contribution in [1.82, 2.24) is 10.0 Å². The molecule has 1 aliphatic carbocycles. The van der Waals surface area contributed by atoms with E-state index in [2.05, 4.69) is 16.1 Å². The molecule has 7 nitrogen and oxygen atoms in total. The van der Waals surface area contributed by atoms with Crippen molar-refractivity contribution >= 4 is 45.3 Å². The number of allylic oxidation sites excluding steroid dienone is 1. The lowest BCUT2D eigenvalue weighted by Crippen LogP contribution is -2.43. The highest BCUT2D eigenvalue weighted by atomic mass is 35.5. The van der Waals surface area contributed by atoms with Gasteiger partial charge in [0.25, 0.3) is 5.91 Å². The summed E-state index contributed by atoms with van der Waals surface area (Å²) < 4.78 is 32.7. The molecule has 0 bridgehead atoms. The Kier molecular flexibility index (Phi) is 10.9. The summed E-state index contributed by atoms with van der Waals surface area (Å²) in [6.07, 6.45) is 9.65. The largest absolute Gasteiger partial charge is 0.454 e. The van der Waals surface area contributed by atoms with Gasteiger partial charge in [0.2, 0.25) is 10.0 Å². The van der Waals surface area contributed by atoms with Crippen LogP contribution in [0.25, 0.3) is 0 Å². The molecule has 172 valence electrons. The number of esters is 1. The van der Waals surface area contributed by atoms with Crippen LogP contribution in [-0.2, 0) is 24.3 Å². The van der Waals surface area contributed by atoms with Gasteiger partial charge in [-0.3, -0.25) is 9.59 Å². The lowest BCUT2D eigenvalue weighted by molar-refractivity contribution is -0.150. The van der Waals surface area contributed by atoms with E-state index in [1.165, 1.54) is 54.4 Å². The first kappa shape index (κ1) is 25.7. The molecule has 10 heteroatoms. The first-order valence-corrected chi connectivity index (χ1v) is 13.5. The molecule has 0 saturated carbocycles. The van der Waals surface area contributed by atoms with Crippen molar-refractivity contribution in [1.29, 1.82) is 0 Å². The summed E-state index contributed by atoms with van der Waals surface area (Å²) in [7, 11) is -3.94. The van der Waals surface area contributed by atoms with Crippen LogP contribution in [0.15, 0.2) is 40.8 Å². The van der Waals surface area contributed by atoms with E-state index >= 15 is 0 Å². The predicted octanol–water partition coefficient (Wildman–Crippen LogP) is 3.29. The van der Waals surface area contributed by atoms with Crippen LogP contribution in [0.4, 0.5) is 0 Å². The molecule has 0 aromatic heterocycles. The van der Waals surface area contributed by atoms with Gasteiger partial charge in [-0.1, -0.05) is 23.3 Å². The lowest BCUT2D eigenvalue weighted by atomic mass is 9.97. The molecule has 1 aromatic rings. The molecule has 2 rings (SSSR count). The number of carbonyl (C=O) groups is 2. The SMILES string of the molecule is CSCC[C@H](NS(=O)(=O)c1ccc(Cl)cc1)C(=O)OCC(=O)NCCC1=CCCCC1. The number of hydrogen-bond acceptors (Lipinski definition) is 6. The van der Waals surface area contributed by atoms with Gasteiger partial charge in [-0.2, -0.15) is 16.5 Å². The Morgan fingerprint density at radius 2 is 1.97 bits per heavy atom. The number of hydrogen-bond donors (Lipinski definition) is 2. The summed E-state index contributed by atoms with van der Waals surface area (Å²) in [5, 5.41) is 3.14. The highest BCUT2D eigenvalue weighted by Gasteiger charge is 2.27. The highest BCUT2D eigenvalue weighted by Crippen LogP contribution is 2.19. The second-order valence-electron chi connectivity index (χ2n) is 7.23. The molecule has 31 heavy (non-hydrogen) atoms. The number of carbonyl (C=O) groups excluding carboxylic acids is 2. The summed E-state index contributed by atoms with van der Waals surface area (Å²) in [6.45, 7) is 0.0393. The molecule has 1 amide bonds. The van der Waals surface area contributed by atoms with Gasteiger partial charge in [0.05, 0.1) is 4.90 Å². The molecular formula is C21H29ClN2O5S2. The van der Waals surface area contributed by atoms with E-state index in [4.69, 9.17) is 16.3 Å². The number of ether oxygens (including phenoxy) is 1. The van der Waals surface area contributed by atoms with Gasteiger partial charge in [0, 0.05) is 11.6 Å². The van der Waals surface area contributed by atoms with Gasteiger partial charge >= 0.3 is 5.97 Å². The Morgan fingerprint density at radius 1 is 1.23 bits per heavy atom. The zero-order valence-corrected chi connectivity index (χ0v) is 20.0. The summed E-state index contributed by atoms with van der Waals surface area (Å²) in [5.41, 5.74) is 1.34. The minimum atomic E-state index is -3.94. The second kappa shape index (κ2) is 13.1. The van der Waals surface area contributed by atoms with E-state index in [1.807, 2.05) is 6.26 Å². The third-order valence-electron chi connectivity index (χ3n) is 4.82. The Morgan fingerprint density at radius 3 is 2.61 bits per heavy atom. The van der Waals surface area contributed by atoms with E-state index in [0.717, 1.165) is 19.3 Å². The number of sulfonamides is 1. The third kappa shape index (κ3) is 9.22. The molecule has 0 unspecified atom stereocenters. The number of amides is 1. The van der Waals surface area contributed by atoms with E-state index in [9.17, 15) is 18.0 Å². The minimum absolute atomic E-state index is 0.00591. The van der Waals surface area contributed by atoms with Crippen LogP contribution in [0, 0.1) is 0 Å². The van der Waals surface area contributed by atoms with Crippen molar-refractivity contribution in [2.24, 2.45) is 0 Å². The fourth-order valence-corrected chi connectivity index (χ4v) is 4.93. The summed E-state index contributed by atoms with van der Waals surface area (Å²) >= 11 is 7.28. The van der Waals surface area contributed by atoms with Crippen LogP contribution >= 0.6 is 23.4 Å². The monoisotopic (exact) mass is 488 g/mol. The minimum Gasteiger partial charge on any atom is -0.454 e. The molecule has 0 fully saturated rings. The zero-order valence-electron chi connectivity index (χ0n) is 17.6. The van der Waals surface area contributed by atoms with Crippen LogP contribution in [0.1, 0.15) is 38.5 Å². The maximum Gasteiger partial charge on any atom is 0.324 e. The smallest absolute Gasteiger partial charge is 0.324 e. The summed E-state index contributed by atoms with van der Waals surface area (Å²) in [6, 6.07) is 4.54. The van der Waals surface area contributed by atoms with Gasteiger partial charge in [-0.25, -0.2) is 8.42 Å². The number of nitrogens with one attached hydrogen (secondary N) is 2. The molecule has 0 saturated heterocycles. The van der Waals surface area contributed by atoms with Crippen molar-refractivity contribution in [3.63, 3.8) is 0 Å². The van der Waals surface area contributed by atoms with Gasteiger partial charge in [0.15, 0.2) is 6.61 Å². The van der Waals surface area contributed by atoms with Gasteiger partial charge in [-0.15, -0.1) is 0 Å². The van der Waals surface area contributed by atoms with E-state index in [1.54, 1.807) is 0 Å². The maximum absolute atomic E-state index is 12.6. The van der Waals surface area contributed by atoms with E-state index in [-0.39, 0.29) is 11.3 Å². The number of thioether (sulfide) groups is 1.